The van der Waals surface area contributed by atoms with Gasteiger partial charge in [-0.15, -0.1) is 11.3 Å². The average Bonchev–Trinajstić information content (AvgIpc) is 3.19. The highest BCUT2D eigenvalue weighted by Gasteiger charge is 2.19. The molecule has 0 aliphatic rings. The van der Waals surface area contributed by atoms with Crippen LogP contribution in [-0.4, -0.2) is 27.2 Å². The predicted octanol–water partition coefficient (Wildman–Crippen LogP) is 4.52. The molecule has 158 valence electrons. The summed E-state index contributed by atoms with van der Waals surface area (Å²) in [5.41, 5.74) is 1.89. The second kappa shape index (κ2) is 9.14. The number of benzene rings is 2. The summed E-state index contributed by atoms with van der Waals surface area (Å²) in [6.07, 6.45) is 1.08. The largest absolute Gasteiger partial charge is 0.494 e. The molecule has 0 saturated heterocycles. The van der Waals surface area contributed by atoms with Gasteiger partial charge < -0.3 is 9.84 Å². The maximum Gasteiger partial charge on any atom is 0.337 e. The Morgan fingerprint density at radius 3 is 2.58 bits per heavy atom. The zero-order valence-corrected chi connectivity index (χ0v) is 17.9. The topological polar surface area (TPSA) is 81.4 Å². The van der Waals surface area contributed by atoms with E-state index in [0.717, 1.165) is 16.9 Å². The Morgan fingerprint density at radius 2 is 1.87 bits per heavy atom. The normalized spacial score (nSPS) is 11.0. The first-order chi connectivity index (χ1) is 15.0. The minimum absolute atomic E-state index is 0.00779. The molecule has 0 aliphatic heterocycles. The van der Waals surface area contributed by atoms with Crippen molar-refractivity contribution < 1.29 is 14.6 Å². The quantitative estimate of drug-likeness (QED) is 0.412. The van der Waals surface area contributed by atoms with Crippen molar-refractivity contribution in [3.05, 3.63) is 92.8 Å². The molecule has 1 N–H and O–H groups in total. The van der Waals surface area contributed by atoms with E-state index in [1.807, 2.05) is 61.5 Å². The Kier molecular flexibility index (Phi) is 6.13. The number of aromatic nitrogens is 2. The standard InChI is InChI=1S/C24H22N2O4S/c1-16-8-10-18(11-9-16)30-13-5-12-26-20(14-17-6-3-2-4-7-17)25-22-21(23(26)27)19(15-31-22)24(28)29/h2-4,6-11,15H,5,12-14H2,1H3,(H,28,29). The fraction of sp³-hybridized carbons (Fsp3) is 0.208. The molecule has 31 heavy (non-hydrogen) atoms. The van der Waals surface area contributed by atoms with Gasteiger partial charge in [0.1, 0.15) is 16.4 Å². The van der Waals surface area contributed by atoms with Gasteiger partial charge in [0, 0.05) is 18.3 Å². The van der Waals surface area contributed by atoms with Crippen molar-refractivity contribution in [1.29, 1.82) is 0 Å². The van der Waals surface area contributed by atoms with Crippen molar-refractivity contribution in [2.24, 2.45) is 0 Å². The fourth-order valence-corrected chi connectivity index (χ4v) is 4.34. The van der Waals surface area contributed by atoms with Crippen molar-refractivity contribution in [2.45, 2.75) is 26.3 Å². The molecule has 0 bridgehead atoms. The summed E-state index contributed by atoms with van der Waals surface area (Å²) in [4.78, 5) is 29.9. The van der Waals surface area contributed by atoms with Crippen LogP contribution in [0, 0.1) is 6.92 Å². The highest BCUT2D eigenvalue weighted by molar-refractivity contribution is 7.17. The van der Waals surface area contributed by atoms with Crippen molar-refractivity contribution in [3.8, 4) is 5.75 Å². The van der Waals surface area contributed by atoms with Crippen LogP contribution in [0.25, 0.3) is 10.2 Å². The Balaban J connectivity index is 1.61. The van der Waals surface area contributed by atoms with Crippen molar-refractivity contribution in [2.75, 3.05) is 6.61 Å². The number of carbonyl (C=O) groups is 1. The number of fused-ring (bicyclic) bond motifs is 1. The first-order valence-corrected chi connectivity index (χ1v) is 10.9. The fourth-order valence-electron chi connectivity index (χ4n) is 3.41. The summed E-state index contributed by atoms with van der Waals surface area (Å²) < 4.78 is 7.38. The number of carboxylic acids is 1. The number of ether oxygens (including phenoxy) is 1. The molecule has 2 aromatic heterocycles. The number of hydrogen-bond donors (Lipinski definition) is 1. The number of thiophene rings is 1. The second-order valence-electron chi connectivity index (χ2n) is 7.30. The predicted molar refractivity (Wildman–Crippen MR) is 121 cm³/mol. The maximum atomic E-state index is 13.3. The van der Waals surface area contributed by atoms with Gasteiger partial charge >= 0.3 is 5.97 Å². The summed E-state index contributed by atoms with van der Waals surface area (Å²) in [5, 5.41) is 11.1. The lowest BCUT2D eigenvalue weighted by Crippen LogP contribution is -2.27. The molecular weight excluding hydrogens is 412 g/mol. The van der Waals surface area contributed by atoms with Crippen molar-refractivity contribution in [3.63, 3.8) is 0 Å². The van der Waals surface area contributed by atoms with Crippen LogP contribution in [0.5, 0.6) is 5.75 Å². The SMILES string of the molecule is Cc1ccc(OCCCn2c(Cc3ccccc3)nc3scc(C(=O)O)c3c2=O)cc1. The van der Waals surface area contributed by atoms with Gasteiger partial charge in [-0.25, -0.2) is 9.78 Å². The lowest BCUT2D eigenvalue weighted by atomic mass is 10.1. The van der Waals surface area contributed by atoms with Crippen LogP contribution in [-0.2, 0) is 13.0 Å². The molecule has 0 atom stereocenters. The van der Waals surface area contributed by atoms with Gasteiger partial charge in [-0.05, 0) is 31.0 Å². The highest BCUT2D eigenvalue weighted by atomic mass is 32.1. The number of nitrogens with zero attached hydrogens (tertiary/aromatic N) is 2. The highest BCUT2D eigenvalue weighted by Crippen LogP contribution is 2.23. The monoisotopic (exact) mass is 434 g/mol. The van der Waals surface area contributed by atoms with E-state index in [-0.39, 0.29) is 16.5 Å². The minimum atomic E-state index is -1.12. The number of hydrogen-bond acceptors (Lipinski definition) is 5. The van der Waals surface area contributed by atoms with Crippen LogP contribution in [0.1, 0.15) is 33.7 Å². The average molecular weight is 435 g/mol. The number of aryl methyl sites for hydroxylation is 1. The van der Waals surface area contributed by atoms with Gasteiger partial charge in [-0.1, -0.05) is 48.0 Å². The summed E-state index contributed by atoms with van der Waals surface area (Å²) in [6, 6.07) is 17.6. The summed E-state index contributed by atoms with van der Waals surface area (Å²) in [6.45, 7) is 2.85. The van der Waals surface area contributed by atoms with E-state index in [1.54, 1.807) is 4.57 Å². The van der Waals surface area contributed by atoms with Gasteiger partial charge in [-0.2, -0.15) is 0 Å². The molecule has 0 fully saturated rings. The molecule has 4 aromatic rings. The van der Waals surface area contributed by atoms with Crippen LogP contribution in [0.15, 0.2) is 64.8 Å². The van der Waals surface area contributed by atoms with Crippen molar-refractivity contribution >= 4 is 27.5 Å². The van der Waals surface area contributed by atoms with E-state index < -0.39 is 5.97 Å². The molecule has 0 amide bonds. The molecule has 2 heterocycles. The Labute approximate surface area is 183 Å². The van der Waals surface area contributed by atoms with E-state index in [2.05, 4.69) is 4.98 Å². The molecule has 0 spiro atoms. The Hall–Kier alpha value is -3.45. The summed E-state index contributed by atoms with van der Waals surface area (Å²) in [5.74, 6) is 0.287. The molecular formula is C24H22N2O4S. The van der Waals surface area contributed by atoms with E-state index in [4.69, 9.17) is 4.74 Å². The Bertz CT molecular complexity index is 1260. The second-order valence-corrected chi connectivity index (χ2v) is 8.16. The molecule has 0 aliphatic carbocycles. The molecule has 2 aromatic carbocycles. The van der Waals surface area contributed by atoms with Crippen molar-refractivity contribution in [1.82, 2.24) is 9.55 Å². The van der Waals surface area contributed by atoms with Gasteiger partial charge in [0.2, 0.25) is 0 Å². The number of rotatable bonds is 8. The molecule has 0 radical (unpaired) electrons. The molecule has 7 heteroatoms. The maximum absolute atomic E-state index is 13.3. The van der Waals surface area contributed by atoms with Gasteiger partial charge in [0.05, 0.1) is 17.6 Å². The summed E-state index contributed by atoms with van der Waals surface area (Å²) >= 11 is 1.19. The lowest BCUT2D eigenvalue weighted by Gasteiger charge is -2.13. The van der Waals surface area contributed by atoms with Gasteiger partial charge in [-0.3, -0.25) is 9.36 Å². The van der Waals surface area contributed by atoms with Crippen LogP contribution in [0.3, 0.4) is 0 Å². The zero-order valence-electron chi connectivity index (χ0n) is 17.1. The van der Waals surface area contributed by atoms with Crippen LogP contribution < -0.4 is 10.3 Å². The van der Waals surface area contributed by atoms with E-state index in [0.29, 0.717) is 36.6 Å². The Morgan fingerprint density at radius 1 is 1.13 bits per heavy atom. The third-order valence-corrected chi connectivity index (χ3v) is 5.90. The third kappa shape index (κ3) is 4.67. The zero-order chi connectivity index (χ0) is 21.8. The van der Waals surface area contributed by atoms with Crippen LogP contribution in [0.2, 0.25) is 0 Å². The number of carboxylic acid groups (broad SMARTS) is 1. The number of aromatic carboxylic acids is 1. The third-order valence-electron chi connectivity index (χ3n) is 5.02. The van der Waals surface area contributed by atoms with E-state index >= 15 is 0 Å². The van der Waals surface area contributed by atoms with Crippen LogP contribution >= 0.6 is 11.3 Å². The van der Waals surface area contributed by atoms with E-state index in [1.165, 1.54) is 16.7 Å². The first kappa shape index (κ1) is 20.8. The smallest absolute Gasteiger partial charge is 0.337 e. The molecule has 6 nitrogen and oxygen atoms in total. The first-order valence-electron chi connectivity index (χ1n) is 10.0. The molecule has 4 rings (SSSR count). The molecule has 0 unspecified atom stereocenters. The molecule has 0 saturated carbocycles. The summed E-state index contributed by atoms with van der Waals surface area (Å²) in [7, 11) is 0. The van der Waals surface area contributed by atoms with Gasteiger partial charge in [0.15, 0.2) is 0 Å². The van der Waals surface area contributed by atoms with E-state index in [9.17, 15) is 14.7 Å². The minimum Gasteiger partial charge on any atom is -0.494 e. The van der Waals surface area contributed by atoms with Gasteiger partial charge in [0.25, 0.3) is 5.56 Å². The lowest BCUT2D eigenvalue weighted by molar-refractivity contribution is 0.0699. The van der Waals surface area contributed by atoms with Crippen LogP contribution in [0.4, 0.5) is 0 Å².